The molecule has 1 N–H and O–H groups in total. The normalized spacial score (nSPS) is 16.8. The highest BCUT2D eigenvalue weighted by molar-refractivity contribution is 5.89. The maximum Gasteiger partial charge on any atom is 0.224 e. The second kappa shape index (κ2) is 8.89. The minimum Gasteiger partial charge on any atom is -0.464 e. The first-order valence-electron chi connectivity index (χ1n) is 10.0. The van der Waals surface area contributed by atoms with Gasteiger partial charge in [0, 0.05) is 36.6 Å². The topological polar surface area (TPSA) is 54.7 Å². The van der Waals surface area contributed by atoms with Crippen LogP contribution in [-0.2, 0) is 16.0 Å². The van der Waals surface area contributed by atoms with E-state index in [0.717, 1.165) is 54.8 Å². The van der Waals surface area contributed by atoms with Crippen molar-refractivity contribution in [3.63, 3.8) is 0 Å². The SMILES string of the molecule is Cc1ccc2c(CC(=O)NC[C@H](CC(C)C)N3CCOCC3)coc2c1C. The number of amides is 1. The van der Waals surface area contributed by atoms with Crippen molar-refractivity contribution in [2.24, 2.45) is 5.92 Å². The molecule has 0 bridgehead atoms. The average molecular weight is 373 g/mol. The molecule has 2 heterocycles. The number of carbonyl (C=O) groups excluding carboxylic acids is 1. The van der Waals surface area contributed by atoms with Crippen LogP contribution in [0, 0.1) is 19.8 Å². The summed E-state index contributed by atoms with van der Waals surface area (Å²) in [5.74, 6) is 0.650. The Morgan fingerprint density at radius 3 is 2.67 bits per heavy atom. The largest absolute Gasteiger partial charge is 0.464 e. The van der Waals surface area contributed by atoms with E-state index in [9.17, 15) is 4.79 Å². The lowest BCUT2D eigenvalue weighted by Gasteiger charge is -2.35. The number of hydrogen-bond acceptors (Lipinski definition) is 4. The van der Waals surface area contributed by atoms with Crippen LogP contribution in [0.3, 0.4) is 0 Å². The van der Waals surface area contributed by atoms with Crippen LogP contribution in [0.2, 0.25) is 0 Å². The molecule has 0 radical (unpaired) electrons. The second-order valence-corrected chi connectivity index (χ2v) is 8.06. The average Bonchev–Trinajstić information content (AvgIpc) is 3.05. The number of nitrogens with one attached hydrogen (secondary N) is 1. The Morgan fingerprint density at radius 1 is 1.22 bits per heavy atom. The summed E-state index contributed by atoms with van der Waals surface area (Å²) >= 11 is 0. The van der Waals surface area contributed by atoms with Gasteiger partial charge in [0.2, 0.25) is 5.91 Å². The maximum atomic E-state index is 12.6. The van der Waals surface area contributed by atoms with Crippen molar-refractivity contribution in [2.75, 3.05) is 32.8 Å². The molecule has 1 aromatic heterocycles. The van der Waals surface area contributed by atoms with Crippen LogP contribution in [0.25, 0.3) is 11.0 Å². The van der Waals surface area contributed by atoms with Gasteiger partial charge in [-0.15, -0.1) is 0 Å². The van der Waals surface area contributed by atoms with Crippen molar-refractivity contribution >= 4 is 16.9 Å². The molecule has 1 aliphatic rings. The lowest BCUT2D eigenvalue weighted by atomic mass is 10.0. The van der Waals surface area contributed by atoms with E-state index in [1.165, 1.54) is 5.56 Å². The summed E-state index contributed by atoms with van der Waals surface area (Å²) in [6, 6.07) is 4.51. The molecule has 2 aromatic rings. The summed E-state index contributed by atoms with van der Waals surface area (Å²) in [5.41, 5.74) is 4.19. The van der Waals surface area contributed by atoms with Gasteiger partial charge in [-0.1, -0.05) is 26.0 Å². The lowest BCUT2D eigenvalue weighted by molar-refractivity contribution is -0.120. The molecule has 1 atom stereocenters. The zero-order chi connectivity index (χ0) is 19.4. The van der Waals surface area contributed by atoms with E-state index in [0.29, 0.717) is 24.9 Å². The van der Waals surface area contributed by atoms with Gasteiger partial charge in [-0.3, -0.25) is 9.69 Å². The van der Waals surface area contributed by atoms with Crippen molar-refractivity contribution < 1.29 is 13.9 Å². The third-order valence-corrected chi connectivity index (χ3v) is 5.53. The molecule has 27 heavy (non-hydrogen) atoms. The Balaban J connectivity index is 1.61. The van der Waals surface area contributed by atoms with Gasteiger partial charge >= 0.3 is 0 Å². The zero-order valence-electron chi connectivity index (χ0n) is 17.0. The number of nitrogens with zero attached hydrogens (tertiary/aromatic N) is 1. The Morgan fingerprint density at radius 2 is 1.96 bits per heavy atom. The minimum atomic E-state index is 0.0537. The summed E-state index contributed by atoms with van der Waals surface area (Å²) in [6.45, 7) is 12.7. The summed E-state index contributed by atoms with van der Waals surface area (Å²) in [7, 11) is 0. The molecule has 1 amide bonds. The second-order valence-electron chi connectivity index (χ2n) is 8.06. The highest BCUT2D eigenvalue weighted by Crippen LogP contribution is 2.26. The first-order chi connectivity index (χ1) is 13.0. The Hall–Kier alpha value is -1.85. The molecule has 0 spiro atoms. The van der Waals surface area contributed by atoms with Crippen molar-refractivity contribution in [2.45, 2.75) is 46.6 Å². The van der Waals surface area contributed by atoms with Crippen LogP contribution in [0.15, 0.2) is 22.8 Å². The Kier molecular flexibility index (Phi) is 6.55. The molecule has 0 aliphatic carbocycles. The molecule has 0 unspecified atom stereocenters. The predicted molar refractivity (Wildman–Crippen MR) is 108 cm³/mol. The zero-order valence-corrected chi connectivity index (χ0v) is 17.0. The molecule has 1 saturated heterocycles. The third-order valence-electron chi connectivity index (χ3n) is 5.53. The van der Waals surface area contributed by atoms with E-state index in [-0.39, 0.29) is 5.91 Å². The van der Waals surface area contributed by atoms with E-state index in [1.54, 1.807) is 6.26 Å². The Bertz CT molecular complexity index is 775. The molecule has 3 rings (SSSR count). The summed E-state index contributed by atoms with van der Waals surface area (Å²) < 4.78 is 11.2. The van der Waals surface area contributed by atoms with Gasteiger partial charge in [0.1, 0.15) is 5.58 Å². The third kappa shape index (κ3) is 4.90. The summed E-state index contributed by atoms with van der Waals surface area (Å²) in [4.78, 5) is 15.0. The van der Waals surface area contributed by atoms with Crippen molar-refractivity contribution in [1.29, 1.82) is 0 Å². The summed E-state index contributed by atoms with van der Waals surface area (Å²) in [5, 5.41) is 4.19. The number of rotatable bonds is 7. The van der Waals surface area contributed by atoms with Gasteiger partial charge in [0.25, 0.3) is 0 Å². The molecule has 0 saturated carbocycles. The number of furan rings is 1. The van der Waals surface area contributed by atoms with Gasteiger partial charge in [-0.2, -0.15) is 0 Å². The van der Waals surface area contributed by atoms with Crippen molar-refractivity contribution in [3.8, 4) is 0 Å². The molecule has 1 aliphatic heterocycles. The number of benzene rings is 1. The van der Waals surface area contributed by atoms with Gasteiger partial charge in [0.15, 0.2) is 0 Å². The van der Waals surface area contributed by atoms with E-state index >= 15 is 0 Å². The number of ether oxygens (including phenoxy) is 1. The maximum absolute atomic E-state index is 12.6. The molecular formula is C22H32N2O3. The van der Waals surface area contributed by atoms with E-state index < -0.39 is 0 Å². The molecule has 5 nitrogen and oxygen atoms in total. The van der Waals surface area contributed by atoms with E-state index in [4.69, 9.17) is 9.15 Å². The highest BCUT2D eigenvalue weighted by Gasteiger charge is 2.22. The molecule has 1 aromatic carbocycles. The van der Waals surface area contributed by atoms with Crippen LogP contribution in [0.1, 0.15) is 37.0 Å². The Labute approximate surface area is 162 Å². The smallest absolute Gasteiger partial charge is 0.224 e. The van der Waals surface area contributed by atoms with Crippen LogP contribution >= 0.6 is 0 Å². The number of carbonyl (C=O) groups is 1. The number of morpholine rings is 1. The standard InChI is InChI=1S/C22H32N2O3/c1-15(2)11-19(24-7-9-26-10-8-24)13-23-21(25)12-18-14-27-22-17(4)16(3)5-6-20(18)22/h5-6,14-15,19H,7-13H2,1-4H3,(H,23,25)/t19-/m0/s1. The predicted octanol–water partition coefficient (Wildman–Crippen LogP) is 3.46. The van der Waals surface area contributed by atoms with Crippen molar-refractivity contribution in [3.05, 3.63) is 35.1 Å². The van der Waals surface area contributed by atoms with Crippen LogP contribution < -0.4 is 5.32 Å². The van der Waals surface area contributed by atoms with Gasteiger partial charge < -0.3 is 14.5 Å². The first-order valence-corrected chi connectivity index (χ1v) is 10.0. The lowest BCUT2D eigenvalue weighted by Crippen LogP contribution is -2.49. The van der Waals surface area contributed by atoms with Crippen LogP contribution in [0.5, 0.6) is 0 Å². The number of fused-ring (bicyclic) bond motifs is 1. The fraction of sp³-hybridized carbons (Fsp3) is 0.591. The first kappa shape index (κ1) is 19.9. The van der Waals surface area contributed by atoms with Crippen LogP contribution in [0.4, 0.5) is 0 Å². The number of aryl methyl sites for hydroxylation is 2. The van der Waals surface area contributed by atoms with E-state index in [1.807, 2.05) is 0 Å². The molecule has 148 valence electrons. The minimum absolute atomic E-state index is 0.0537. The van der Waals surface area contributed by atoms with Gasteiger partial charge in [-0.05, 0) is 37.3 Å². The number of hydrogen-bond donors (Lipinski definition) is 1. The molecule has 5 heteroatoms. The van der Waals surface area contributed by atoms with E-state index in [2.05, 4.69) is 50.0 Å². The molecule has 1 fully saturated rings. The van der Waals surface area contributed by atoms with Gasteiger partial charge in [-0.25, -0.2) is 0 Å². The van der Waals surface area contributed by atoms with Crippen molar-refractivity contribution in [1.82, 2.24) is 10.2 Å². The van der Waals surface area contributed by atoms with Crippen LogP contribution in [-0.4, -0.2) is 49.7 Å². The fourth-order valence-electron chi connectivity index (χ4n) is 3.84. The summed E-state index contributed by atoms with van der Waals surface area (Å²) in [6.07, 6.45) is 3.16. The van der Waals surface area contributed by atoms with Gasteiger partial charge in [0.05, 0.1) is 25.9 Å². The quantitative estimate of drug-likeness (QED) is 0.809. The monoisotopic (exact) mass is 372 g/mol. The molecular weight excluding hydrogens is 340 g/mol. The fourth-order valence-corrected chi connectivity index (χ4v) is 3.84. The highest BCUT2D eigenvalue weighted by atomic mass is 16.5.